The fraction of sp³-hybridized carbons (Fsp3) is 1.00. The molecule has 2 heteroatoms. The maximum Gasteiger partial charge on any atom is 0.0822 e. The van der Waals surface area contributed by atoms with Gasteiger partial charge in [-0.05, 0) is 19.0 Å². The van der Waals surface area contributed by atoms with Gasteiger partial charge < -0.3 is 0 Å². The minimum Gasteiger partial charge on any atom is -0.237 e. The van der Waals surface area contributed by atoms with E-state index >= 15 is 0 Å². The average Bonchev–Trinajstić information content (AvgIpc) is 1.69. The molecule has 0 rings (SSSR count). The Morgan fingerprint density at radius 2 is 1.86 bits per heavy atom. The standard InChI is InChI=1S/C5H12OP/c6-4-2-1-3-5-7/h1-5,7H2. The van der Waals surface area contributed by atoms with Crippen LogP contribution in [0.5, 0.6) is 0 Å². The van der Waals surface area contributed by atoms with Crippen LogP contribution in [-0.2, 0) is 5.11 Å². The predicted octanol–water partition coefficient (Wildman–Crippen LogP) is 1.46. The Morgan fingerprint density at radius 3 is 2.29 bits per heavy atom. The highest BCUT2D eigenvalue weighted by atomic mass is 31.0. The van der Waals surface area contributed by atoms with Gasteiger partial charge in [-0.3, -0.25) is 0 Å². The normalized spacial score (nSPS) is 9.43. The van der Waals surface area contributed by atoms with Gasteiger partial charge >= 0.3 is 0 Å². The molecule has 0 saturated carbocycles. The van der Waals surface area contributed by atoms with E-state index < -0.39 is 0 Å². The quantitative estimate of drug-likeness (QED) is 0.394. The minimum atomic E-state index is 0.102. The van der Waals surface area contributed by atoms with Gasteiger partial charge in [0.2, 0.25) is 0 Å². The lowest BCUT2D eigenvalue weighted by Gasteiger charge is -1.89. The van der Waals surface area contributed by atoms with Crippen molar-refractivity contribution < 1.29 is 5.11 Å². The zero-order valence-corrected chi connectivity index (χ0v) is 5.68. The number of hydrogen-bond acceptors (Lipinski definition) is 0. The van der Waals surface area contributed by atoms with Crippen molar-refractivity contribution in [2.24, 2.45) is 0 Å². The molecular weight excluding hydrogens is 107 g/mol. The first-order chi connectivity index (χ1) is 3.41. The largest absolute Gasteiger partial charge is 0.237 e. The van der Waals surface area contributed by atoms with Crippen LogP contribution in [0.4, 0.5) is 0 Å². The minimum absolute atomic E-state index is 0.102. The van der Waals surface area contributed by atoms with Crippen LogP contribution in [-0.4, -0.2) is 12.8 Å². The van der Waals surface area contributed by atoms with E-state index in [1.54, 1.807) is 0 Å². The molecule has 43 valence electrons. The summed E-state index contributed by atoms with van der Waals surface area (Å²) < 4.78 is 0. The van der Waals surface area contributed by atoms with E-state index in [1.165, 1.54) is 6.42 Å². The van der Waals surface area contributed by atoms with E-state index in [0.717, 1.165) is 19.0 Å². The summed E-state index contributed by atoms with van der Waals surface area (Å²) in [5, 5.41) is 9.80. The van der Waals surface area contributed by atoms with Gasteiger partial charge in [-0.25, -0.2) is 5.11 Å². The third-order valence-electron chi connectivity index (χ3n) is 0.848. The number of unbranched alkanes of at least 4 members (excludes halogenated alkanes) is 2. The molecule has 0 aliphatic heterocycles. The maximum atomic E-state index is 9.80. The van der Waals surface area contributed by atoms with Crippen molar-refractivity contribution in [3.8, 4) is 0 Å². The summed E-state index contributed by atoms with van der Waals surface area (Å²) in [4.78, 5) is 0. The summed E-state index contributed by atoms with van der Waals surface area (Å²) in [6, 6.07) is 0. The fourth-order valence-electron chi connectivity index (χ4n) is 0.423. The molecule has 0 N–H and O–H groups in total. The lowest BCUT2D eigenvalue weighted by atomic mass is 10.3. The van der Waals surface area contributed by atoms with E-state index in [-0.39, 0.29) is 6.61 Å². The second kappa shape index (κ2) is 6.39. The molecule has 0 fully saturated rings. The molecule has 0 aromatic heterocycles. The lowest BCUT2D eigenvalue weighted by Crippen LogP contribution is -1.80. The zero-order chi connectivity index (χ0) is 5.54. The summed E-state index contributed by atoms with van der Waals surface area (Å²) in [5.74, 6) is 0. The van der Waals surface area contributed by atoms with Gasteiger partial charge in [0.25, 0.3) is 0 Å². The van der Waals surface area contributed by atoms with Crippen molar-refractivity contribution in [2.45, 2.75) is 19.3 Å². The second-order valence-corrected chi connectivity index (χ2v) is 2.13. The molecule has 0 spiro atoms. The first kappa shape index (κ1) is 7.39. The first-order valence-corrected chi connectivity index (χ1v) is 3.51. The van der Waals surface area contributed by atoms with Gasteiger partial charge in [0, 0.05) is 0 Å². The number of rotatable bonds is 4. The van der Waals surface area contributed by atoms with E-state index in [2.05, 4.69) is 9.24 Å². The summed E-state index contributed by atoms with van der Waals surface area (Å²) in [5.41, 5.74) is 0. The van der Waals surface area contributed by atoms with Crippen molar-refractivity contribution in [2.75, 3.05) is 12.8 Å². The van der Waals surface area contributed by atoms with Crippen LogP contribution in [0, 0.1) is 0 Å². The molecule has 0 aromatic carbocycles. The Labute approximate surface area is 47.3 Å². The molecule has 1 atom stereocenters. The van der Waals surface area contributed by atoms with Crippen LogP contribution in [0.1, 0.15) is 19.3 Å². The van der Waals surface area contributed by atoms with Crippen molar-refractivity contribution in [1.82, 2.24) is 0 Å². The SMILES string of the molecule is [O]CCCCCP. The van der Waals surface area contributed by atoms with Crippen molar-refractivity contribution in [1.29, 1.82) is 0 Å². The van der Waals surface area contributed by atoms with Gasteiger partial charge in [0.1, 0.15) is 0 Å². The molecule has 0 aromatic rings. The molecule has 0 aliphatic rings. The Morgan fingerprint density at radius 1 is 1.14 bits per heavy atom. The molecule has 1 radical (unpaired) electrons. The molecular formula is C5H12OP. The summed E-state index contributed by atoms with van der Waals surface area (Å²) in [6.07, 6.45) is 4.29. The van der Waals surface area contributed by atoms with Crippen LogP contribution < -0.4 is 0 Å². The van der Waals surface area contributed by atoms with Crippen LogP contribution in [0.2, 0.25) is 0 Å². The van der Waals surface area contributed by atoms with E-state index in [4.69, 9.17) is 0 Å². The average molecular weight is 119 g/mol. The summed E-state index contributed by atoms with van der Waals surface area (Å²) in [7, 11) is 2.65. The molecule has 1 unspecified atom stereocenters. The van der Waals surface area contributed by atoms with Crippen LogP contribution in [0.15, 0.2) is 0 Å². The topological polar surface area (TPSA) is 19.9 Å². The molecule has 0 amide bonds. The van der Waals surface area contributed by atoms with Crippen molar-refractivity contribution >= 4 is 9.24 Å². The van der Waals surface area contributed by atoms with E-state index in [1.807, 2.05) is 0 Å². The van der Waals surface area contributed by atoms with Crippen LogP contribution in [0.25, 0.3) is 0 Å². The van der Waals surface area contributed by atoms with E-state index in [0.29, 0.717) is 0 Å². The smallest absolute Gasteiger partial charge is 0.0822 e. The van der Waals surface area contributed by atoms with Gasteiger partial charge in [-0.2, -0.15) is 0 Å². The summed E-state index contributed by atoms with van der Waals surface area (Å²) >= 11 is 0. The van der Waals surface area contributed by atoms with Gasteiger partial charge in [-0.15, -0.1) is 9.24 Å². The Hall–Kier alpha value is 0.390. The first-order valence-electron chi connectivity index (χ1n) is 2.70. The Balaban J connectivity index is 2.45. The number of hydrogen-bond donors (Lipinski definition) is 0. The maximum absolute atomic E-state index is 9.80. The summed E-state index contributed by atoms with van der Waals surface area (Å²) in [6.45, 7) is 0.102. The fourth-order valence-corrected chi connectivity index (χ4v) is 0.712. The van der Waals surface area contributed by atoms with Crippen molar-refractivity contribution in [3.63, 3.8) is 0 Å². The molecule has 0 aliphatic carbocycles. The van der Waals surface area contributed by atoms with Gasteiger partial charge in [0.05, 0.1) is 6.61 Å². The molecule has 0 bridgehead atoms. The molecule has 1 nitrogen and oxygen atoms in total. The van der Waals surface area contributed by atoms with Crippen LogP contribution in [0.3, 0.4) is 0 Å². The highest BCUT2D eigenvalue weighted by Crippen LogP contribution is 1.96. The third kappa shape index (κ3) is 6.39. The Kier molecular flexibility index (Phi) is 6.75. The zero-order valence-electron chi connectivity index (χ0n) is 4.52. The predicted molar refractivity (Wildman–Crippen MR) is 34.0 cm³/mol. The molecule has 7 heavy (non-hydrogen) atoms. The highest BCUT2D eigenvalue weighted by Gasteiger charge is 1.82. The van der Waals surface area contributed by atoms with Gasteiger partial charge in [-0.1, -0.05) is 6.42 Å². The highest BCUT2D eigenvalue weighted by molar-refractivity contribution is 7.16. The van der Waals surface area contributed by atoms with Crippen molar-refractivity contribution in [3.05, 3.63) is 0 Å². The second-order valence-electron chi connectivity index (χ2n) is 1.55. The van der Waals surface area contributed by atoms with Crippen LogP contribution >= 0.6 is 9.24 Å². The molecule has 0 saturated heterocycles. The lowest BCUT2D eigenvalue weighted by molar-refractivity contribution is 0.186. The molecule has 0 heterocycles. The monoisotopic (exact) mass is 119 g/mol. The van der Waals surface area contributed by atoms with Gasteiger partial charge in [0.15, 0.2) is 0 Å². The van der Waals surface area contributed by atoms with E-state index in [9.17, 15) is 5.11 Å². The third-order valence-corrected chi connectivity index (χ3v) is 1.26. The Bertz CT molecular complexity index is 27.3.